The van der Waals surface area contributed by atoms with Gasteiger partial charge in [-0.05, 0) is 29.3 Å². The van der Waals surface area contributed by atoms with Crippen LogP contribution in [0.15, 0.2) is 58.6 Å². The van der Waals surface area contributed by atoms with Crippen molar-refractivity contribution in [3.05, 3.63) is 76.7 Å². The van der Waals surface area contributed by atoms with Gasteiger partial charge in [-0.2, -0.15) is 18.2 Å². The first-order valence-corrected chi connectivity index (χ1v) is 9.06. The molecule has 1 unspecified atom stereocenters. The number of aliphatic hydroxyl groups is 1. The minimum absolute atomic E-state index is 0.0446. The van der Waals surface area contributed by atoms with Crippen molar-refractivity contribution in [1.29, 1.82) is 0 Å². The van der Waals surface area contributed by atoms with Gasteiger partial charge < -0.3 is 14.9 Å². The number of halogens is 3. The number of benzene rings is 2. The van der Waals surface area contributed by atoms with E-state index in [0.717, 1.165) is 23.3 Å². The van der Waals surface area contributed by atoms with Gasteiger partial charge in [-0.25, -0.2) is 0 Å². The van der Waals surface area contributed by atoms with Crippen LogP contribution < -0.4 is 5.32 Å². The van der Waals surface area contributed by atoms with E-state index in [9.17, 15) is 23.1 Å². The third-order valence-electron chi connectivity index (χ3n) is 4.76. The second kappa shape index (κ2) is 7.75. The number of fused-ring (bicyclic) bond motifs is 1. The first kappa shape index (κ1) is 19.8. The summed E-state index contributed by atoms with van der Waals surface area (Å²) >= 11 is 0. The number of nitrogens with one attached hydrogen (secondary N) is 1. The summed E-state index contributed by atoms with van der Waals surface area (Å²) in [4.78, 5) is 16.7. The lowest BCUT2D eigenvalue weighted by Gasteiger charge is -2.12. The first-order valence-electron chi connectivity index (χ1n) is 9.06. The number of aliphatic hydroxyl groups excluding tert-OH is 1. The molecule has 1 heterocycles. The van der Waals surface area contributed by atoms with E-state index < -0.39 is 24.4 Å². The molecule has 0 radical (unpaired) electrons. The maximum absolute atomic E-state index is 12.7. The molecule has 0 aliphatic heterocycles. The van der Waals surface area contributed by atoms with Crippen molar-refractivity contribution >= 4 is 12.0 Å². The molecule has 1 aliphatic carbocycles. The van der Waals surface area contributed by atoms with E-state index in [1.54, 1.807) is 6.08 Å². The van der Waals surface area contributed by atoms with Crippen LogP contribution in [0.2, 0.25) is 0 Å². The Kier molecular flexibility index (Phi) is 5.13. The number of carbonyl (C=O) groups excluding carboxylic acids is 1. The van der Waals surface area contributed by atoms with Gasteiger partial charge in [0.2, 0.25) is 11.7 Å². The SMILES string of the molecule is O=C(NC(CO)c1nc(-c2ccc(C(F)(F)F)cc2)no1)C1=Cc2ccccc2C1. The summed E-state index contributed by atoms with van der Waals surface area (Å²) in [6.07, 6.45) is -2.19. The molecule has 2 N–H and O–H groups in total. The van der Waals surface area contributed by atoms with Gasteiger partial charge in [-0.15, -0.1) is 0 Å². The normalized spacial score (nSPS) is 14.2. The Bertz CT molecular complexity index is 1100. The molecule has 0 bridgehead atoms. The van der Waals surface area contributed by atoms with Crippen LogP contribution in [0, 0.1) is 0 Å². The van der Waals surface area contributed by atoms with Gasteiger partial charge in [0, 0.05) is 17.6 Å². The van der Waals surface area contributed by atoms with Crippen molar-refractivity contribution in [2.24, 2.45) is 0 Å². The molecule has 2 aromatic carbocycles. The Morgan fingerprint density at radius 1 is 1.17 bits per heavy atom. The topological polar surface area (TPSA) is 88.2 Å². The van der Waals surface area contributed by atoms with Crippen LogP contribution in [0.3, 0.4) is 0 Å². The largest absolute Gasteiger partial charge is 0.416 e. The minimum atomic E-state index is -4.44. The van der Waals surface area contributed by atoms with Crippen LogP contribution in [0.1, 0.15) is 28.6 Å². The van der Waals surface area contributed by atoms with E-state index in [0.29, 0.717) is 17.6 Å². The fourth-order valence-corrected chi connectivity index (χ4v) is 3.16. The predicted octanol–water partition coefficient (Wildman–Crippen LogP) is 3.54. The maximum Gasteiger partial charge on any atom is 0.416 e. The number of aromatic nitrogens is 2. The summed E-state index contributed by atoms with van der Waals surface area (Å²) < 4.78 is 43.2. The van der Waals surface area contributed by atoms with Gasteiger partial charge in [0.25, 0.3) is 5.89 Å². The smallest absolute Gasteiger partial charge is 0.394 e. The molecule has 1 atom stereocenters. The summed E-state index contributed by atoms with van der Waals surface area (Å²) in [6.45, 7) is -0.486. The molecule has 3 aromatic rings. The Morgan fingerprint density at radius 2 is 1.90 bits per heavy atom. The molecule has 0 fully saturated rings. The third kappa shape index (κ3) is 3.97. The van der Waals surface area contributed by atoms with Gasteiger partial charge in [-0.1, -0.05) is 41.6 Å². The predicted molar refractivity (Wildman–Crippen MR) is 101 cm³/mol. The van der Waals surface area contributed by atoms with Crippen LogP contribution in [0.25, 0.3) is 17.5 Å². The Labute approximate surface area is 169 Å². The number of alkyl halides is 3. The van der Waals surface area contributed by atoms with Crippen molar-refractivity contribution in [1.82, 2.24) is 15.5 Å². The van der Waals surface area contributed by atoms with Gasteiger partial charge in [0.05, 0.1) is 12.2 Å². The molecule has 6 nitrogen and oxygen atoms in total. The molecule has 0 saturated carbocycles. The lowest BCUT2D eigenvalue weighted by Crippen LogP contribution is -2.32. The third-order valence-corrected chi connectivity index (χ3v) is 4.76. The molecule has 30 heavy (non-hydrogen) atoms. The summed E-state index contributed by atoms with van der Waals surface area (Å²) in [7, 11) is 0. The second-order valence-corrected chi connectivity index (χ2v) is 6.79. The summed E-state index contributed by atoms with van der Waals surface area (Å²) in [6, 6.07) is 11.0. The average molecular weight is 415 g/mol. The Hall–Kier alpha value is -3.46. The van der Waals surface area contributed by atoms with Crippen molar-refractivity contribution < 1.29 is 27.6 Å². The lowest BCUT2D eigenvalue weighted by atomic mass is 10.1. The summed E-state index contributed by atoms with van der Waals surface area (Å²) in [5.74, 6) is -0.365. The zero-order valence-electron chi connectivity index (χ0n) is 15.5. The lowest BCUT2D eigenvalue weighted by molar-refractivity contribution is -0.137. The molecule has 9 heteroatoms. The van der Waals surface area contributed by atoms with E-state index in [4.69, 9.17) is 4.52 Å². The molecule has 1 aliphatic rings. The van der Waals surface area contributed by atoms with E-state index in [1.165, 1.54) is 12.1 Å². The summed E-state index contributed by atoms with van der Waals surface area (Å²) in [5.41, 5.74) is 2.06. The highest BCUT2D eigenvalue weighted by atomic mass is 19.4. The number of amides is 1. The van der Waals surface area contributed by atoms with Gasteiger partial charge >= 0.3 is 6.18 Å². The van der Waals surface area contributed by atoms with Gasteiger partial charge in [-0.3, -0.25) is 4.79 Å². The fraction of sp³-hybridized carbons (Fsp3) is 0.190. The minimum Gasteiger partial charge on any atom is -0.394 e. The van der Waals surface area contributed by atoms with Gasteiger partial charge in [0.15, 0.2) is 0 Å². The van der Waals surface area contributed by atoms with Crippen molar-refractivity contribution in [3.63, 3.8) is 0 Å². The van der Waals surface area contributed by atoms with E-state index in [-0.39, 0.29) is 17.6 Å². The molecule has 154 valence electrons. The zero-order chi connectivity index (χ0) is 21.3. The first-order chi connectivity index (χ1) is 14.3. The van der Waals surface area contributed by atoms with Crippen LogP contribution in [0.4, 0.5) is 13.2 Å². The van der Waals surface area contributed by atoms with Crippen molar-refractivity contribution in [2.75, 3.05) is 6.61 Å². The molecule has 1 amide bonds. The highest BCUT2D eigenvalue weighted by Gasteiger charge is 2.30. The van der Waals surface area contributed by atoms with Crippen molar-refractivity contribution in [2.45, 2.75) is 18.6 Å². The Balaban J connectivity index is 1.47. The van der Waals surface area contributed by atoms with E-state index >= 15 is 0 Å². The fourth-order valence-electron chi connectivity index (χ4n) is 3.16. The van der Waals surface area contributed by atoms with E-state index in [1.807, 2.05) is 24.3 Å². The monoisotopic (exact) mass is 415 g/mol. The standard InChI is InChI=1S/C21H16F3N3O3/c22-21(23,24)16-7-5-12(6-8-16)18-26-20(30-27-18)17(11-28)25-19(29)15-9-13-3-1-2-4-14(13)10-15/h1-9,17,28H,10-11H2,(H,25,29). The van der Waals surface area contributed by atoms with Crippen LogP contribution in [-0.2, 0) is 17.4 Å². The second-order valence-electron chi connectivity index (χ2n) is 6.79. The molecular weight excluding hydrogens is 399 g/mol. The number of rotatable bonds is 5. The zero-order valence-corrected chi connectivity index (χ0v) is 15.5. The summed E-state index contributed by atoms with van der Waals surface area (Å²) in [5, 5.41) is 16.1. The molecule has 0 spiro atoms. The average Bonchev–Trinajstić information content (AvgIpc) is 3.38. The number of hydrogen-bond acceptors (Lipinski definition) is 5. The van der Waals surface area contributed by atoms with Crippen molar-refractivity contribution in [3.8, 4) is 11.4 Å². The molecule has 1 aromatic heterocycles. The van der Waals surface area contributed by atoms with Crippen LogP contribution in [0.5, 0.6) is 0 Å². The number of hydrogen-bond donors (Lipinski definition) is 2. The van der Waals surface area contributed by atoms with E-state index in [2.05, 4.69) is 15.5 Å². The number of carbonyl (C=O) groups is 1. The number of nitrogens with zero attached hydrogens (tertiary/aromatic N) is 2. The molecule has 4 rings (SSSR count). The molecule has 0 saturated heterocycles. The van der Waals surface area contributed by atoms with Crippen LogP contribution >= 0.6 is 0 Å². The maximum atomic E-state index is 12.7. The highest BCUT2D eigenvalue weighted by Crippen LogP contribution is 2.31. The van der Waals surface area contributed by atoms with Gasteiger partial charge in [0.1, 0.15) is 6.04 Å². The quantitative estimate of drug-likeness (QED) is 0.666. The Morgan fingerprint density at radius 3 is 2.57 bits per heavy atom. The van der Waals surface area contributed by atoms with Crippen LogP contribution in [-0.4, -0.2) is 27.8 Å². The molecular formula is C21H16F3N3O3. The highest BCUT2D eigenvalue weighted by molar-refractivity contribution is 6.00.